The summed E-state index contributed by atoms with van der Waals surface area (Å²) in [5, 5.41) is 0. The number of nitrogens with zero attached hydrogens (tertiary/aromatic N) is 2. The van der Waals surface area contributed by atoms with Crippen LogP contribution in [0, 0.1) is 0 Å². The molecule has 116 valence electrons. The van der Waals surface area contributed by atoms with Gasteiger partial charge in [-0.15, -0.1) is 0 Å². The summed E-state index contributed by atoms with van der Waals surface area (Å²) in [5.74, 6) is -0.388. The van der Waals surface area contributed by atoms with Crippen LogP contribution < -0.4 is 5.73 Å². The zero-order valence-corrected chi connectivity index (χ0v) is 11.9. The van der Waals surface area contributed by atoms with E-state index in [1.165, 1.54) is 6.07 Å². The van der Waals surface area contributed by atoms with E-state index in [9.17, 15) is 18.0 Å². The van der Waals surface area contributed by atoms with Crippen molar-refractivity contribution in [2.24, 2.45) is 0 Å². The maximum Gasteiger partial charge on any atom is 0.418 e. The van der Waals surface area contributed by atoms with Crippen LogP contribution in [-0.2, 0) is 6.18 Å². The number of halogens is 3. The van der Waals surface area contributed by atoms with Crippen molar-refractivity contribution in [1.29, 1.82) is 0 Å². The van der Waals surface area contributed by atoms with Gasteiger partial charge in [0, 0.05) is 36.9 Å². The van der Waals surface area contributed by atoms with Gasteiger partial charge in [-0.3, -0.25) is 4.79 Å². The summed E-state index contributed by atoms with van der Waals surface area (Å²) in [6.07, 6.45) is -4.56. The van der Waals surface area contributed by atoms with Crippen LogP contribution >= 0.6 is 0 Å². The molecular weight excluding hydrogens is 283 g/mol. The zero-order chi connectivity index (χ0) is 15.8. The lowest BCUT2D eigenvalue weighted by molar-refractivity contribution is -0.136. The van der Waals surface area contributed by atoms with Gasteiger partial charge in [-0.2, -0.15) is 13.2 Å². The second kappa shape index (κ2) is 5.55. The fourth-order valence-corrected chi connectivity index (χ4v) is 2.35. The molecule has 0 saturated carbocycles. The largest absolute Gasteiger partial charge is 0.418 e. The van der Waals surface area contributed by atoms with Crippen LogP contribution in [0.25, 0.3) is 0 Å². The minimum atomic E-state index is -4.56. The van der Waals surface area contributed by atoms with Crippen LogP contribution in [0.1, 0.15) is 22.8 Å². The Bertz CT molecular complexity index is 545. The van der Waals surface area contributed by atoms with Crippen molar-refractivity contribution < 1.29 is 18.0 Å². The fraction of sp³-hybridized carbons (Fsp3) is 0.500. The summed E-state index contributed by atoms with van der Waals surface area (Å²) in [7, 11) is 1.96. The van der Waals surface area contributed by atoms with Crippen molar-refractivity contribution in [1.82, 2.24) is 9.80 Å². The quantitative estimate of drug-likeness (QED) is 0.808. The first-order valence-electron chi connectivity index (χ1n) is 6.66. The molecule has 0 aliphatic carbocycles. The van der Waals surface area contributed by atoms with E-state index in [-0.39, 0.29) is 23.2 Å². The van der Waals surface area contributed by atoms with Crippen molar-refractivity contribution in [3.63, 3.8) is 0 Å². The molecule has 1 heterocycles. The van der Waals surface area contributed by atoms with Crippen LogP contribution in [0.2, 0.25) is 0 Å². The summed E-state index contributed by atoms with van der Waals surface area (Å²) in [6.45, 7) is 3.68. The highest BCUT2D eigenvalue weighted by atomic mass is 19.4. The van der Waals surface area contributed by atoms with Crippen LogP contribution in [0.5, 0.6) is 0 Å². The van der Waals surface area contributed by atoms with Gasteiger partial charge in [0.15, 0.2) is 0 Å². The molecule has 1 aromatic rings. The van der Waals surface area contributed by atoms with E-state index in [1.54, 1.807) is 4.90 Å². The Balaban J connectivity index is 2.24. The minimum Gasteiger partial charge on any atom is -0.398 e. The number of anilines is 1. The summed E-state index contributed by atoms with van der Waals surface area (Å²) < 4.78 is 38.5. The predicted octanol–water partition coefficient (Wildman–Crippen LogP) is 2.06. The number of carbonyl (C=O) groups is 1. The Morgan fingerprint density at radius 3 is 2.57 bits per heavy atom. The van der Waals surface area contributed by atoms with Crippen molar-refractivity contribution in [2.75, 3.05) is 32.4 Å². The first-order chi connectivity index (χ1) is 9.70. The molecule has 2 N–H and O–H groups in total. The van der Waals surface area contributed by atoms with Gasteiger partial charge in [0.2, 0.25) is 0 Å². The number of amides is 1. The molecule has 1 amide bonds. The summed E-state index contributed by atoms with van der Waals surface area (Å²) in [6, 6.07) is 3.49. The lowest BCUT2D eigenvalue weighted by Gasteiger charge is -2.37. The molecule has 1 aliphatic rings. The number of hydrogen-bond acceptors (Lipinski definition) is 3. The number of carbonyl (C=O) groups excluding carboxylic acids is 1. The van der Waals surface area contributed by atoms with E-state index in [4.69, 9.17) is 5.73 Å². The van der Waals surface area contributed by atoms with Gasteiger partial charge in [-0.25, -0.2) is 0 Å². The van der Waals surface area contributed by atoms with Crippen molar-refractivity contribution >= 4 is 11.6 Å². The van der Waals surface area contributed by atoms with E-state index >= 15 is 0 Å². The van der Waals surface area contributed by atoms with Crippen LogP contribution in [0.3, 0.4) is 0 Å². The van der Waals surface area contributed by atoms with Crippen LogP contribution in [-0.4, -0.2) is 48.4 Å². The topological polar surface area (TPSA) is 49.6 Å². The Morgan fingerprint density at radius 1 is 1.33 bits per heavy atom. The number of alkyl halides is 3. The SMILES string of the molecule is CC1CN(C(=O)c2ccc(N)c(C(F)(F)F)c2)CCN1C. The molecule has 1 saturated heterocycles. The van der Waals surface area contributed by atoms with Gasteiger partial charge < -0.3 is 15.5 Å². The molecule has 0 aromatic heterocycles. The second-order valence-electron chi connectivity index (χ2n) is 5.38. The fourth-order valence-electron chi connectivity index (χ4n) is 2.35. The van der Waals surface area contributed by atoms with Crippen LogP contribution in [0.15, 0.2) is 18.2 Å². The Morgan fingerprint density at radius 2 is 2.00 bits per heavy atom. The third-order valence-electron chi connectivity index (χ3n) is 3.85. The van der Waals surface area contributed by atoms with Crippen molar-refractivity contribution in [2.45, 2.75) is 19.1 Å². The molecule has 0 spiro atoms. The molecule has 1 aromatic carbocycles. The third-order valence-corrected chi connectivity index (χ3v) is 3.85. The summed E-state index contributed by atoms with van der Waals surface area (Å²) >= 11 is 0. The first kappa shape index (κ1) is 15.6. The smallest absolute Gasteiger partial charge is 0.398 e. The average molecular weight is 301 g/mol. The normalized spacial score (nSPS) is 20.6. The molecule has 0 radical (unpaired) electrons. The first-order valence-corrected chi connectivity index (χ1v) is 6.66. The third kappa shape index (κ3) is 3.29. The molecule has 1 aliphatic heterocycles. The van der Waals surface area contributed by atoms with Gasteiger partial charge in [-0.1, -0.05) is 0 Å². The number of rotatable bonds is 1. The standard InChI is InChI=1S/C14H18F3N3O/c1-9-8-20(6-5-19(9)2)13(21)10-3-4-12(18)11(7-10)14(15,16)17/h3-4,7,9H,5-6,8,18H2,1-2H3. The van der Waals surface area contributed by atoms with E-state index < -0.39 is 11.7 Å². The van der Waals surface area contributed by atoms with E-state index in [0.717, 1.165) is 12.1 Å². The number of piperazine rings is 1. The molecule has 2 rings (SSSR count). The number of nitrogens with two attached hydrogens (primary N) is 1. The molecule has 7 heteroatoms. The highest BCUT2D eigenvalue weighted by Crippen LogP contribution is 2.34. The Hall–Kier alpha value is -1.76. The monoisotopic (exact) mass is 301 g/mol. The van der Waals surface area contributed by atoms with E-state index in [2.05, 4.69) is 4.90 Å². The Labute approximate surface area is 121 Å². The van der Waals surface area contributed by atoms with Crippen molar-refractivity contribution in [3.05, 3.63) is 29.3 Å². The molecule has 4 nitrogen and oxygen atoms in total. The van der Waals surface area contributed by atoms with Gasteiger partial charge in [0.05, 0.1) is 5.56 Å². The summed E-state index contributed by atoms with van der Waals surface area (Å²) in [4.78, 5) is 16.0. The molecular formula is C14H18F3N3O. The number of hydrogen-bond donors (Lipinski definition) is 1. The zero-order valence-electron chi connectivity index (χ0n) is 11.9. The highest BCUT2D eigenvalue weighted by Gasteiger charge is 2.34. The number of nitrogen functional groups attached to an aromatic ring is 1. The predicted molar refractivity (Wildman–Crippen MR) is 73.9 cm³/mol. The lowest BCUT2D eigenvalue weighted by Crippen LogP contribution is -2.52. The average Bonchev–Trinajstić information content (AvgIpc) is 2.40. The van der Waals surface area contributed by atoms with Gasteiger partial charge in [0.1, 0.15) is 0 Å². The van der Waals surface area contributed by atoms with Gasteiger partial charge in [0.25, 0.3) is 5.91 Å². The van der Waals surface area contributed by atoms with E-state index in [1.807, 2.05) is 14.0 Å². The molecule has 1 fully saturated rings. The number of likely N-dealkylation sites (N-methyl/N-ethyl adjacent to an activating group) is 1. The van der Waals surface area contributed by atoms with Crippen molar-refractivity contribution in [3.8, 4) is 0 Å². The highest BCUT2D eigenvalue weighted by molar-refractivity contribution is 5.95. The second-order valence-corrected chi connectivity index (χ2v) is 5.38. The maximum atomic E-state index is 12.8. The van der Waals surface area contributed by atoms with Gasteiger partial charge in [-0.05, 0) is 32.2 Å². The van der Waals surface area contributed by atoms with Gasteiger partial charge >= 0.3 is 6.18 Å². The molecule has 1 unspecified atom stereocenters. The lowest BCUT2D eigenvalue weighted by atomic mass is 10.1. The van der Waals surface area contributed by atoms with E-state index in [0.29, 0.717) is 19.6 Å². The molecule has 0 bridgehead atoms. The molecule has 21 heavy (non-hydrogen) atoms. The van der Waals surface area contributed by atoms with Crippen LogP contribution in [0.4, 0.5) is 18.9 Å². The minimum absolute atomic E-state index is 0.0216. The summed E-state index contributed by atoms with van der Waals surface area (Å²) in [5.41, 5.74) is 4.03. The maximum absolute atomic E-state index is 12.8. The number of benzene rings is 1. The molecule has 1 atom stereocenters. The Kier molecular flexibility index (Phi) is 4.13.